The van der Waals surface area contributed by atoms with Crippen molar-refractivity contribution in [3.05, 3.63) is 35.7 Å². The Morgan fingerprint density at radius 3 is 3.00 bits per heavy atom. The summed E-state index contributed by atoms with van der Waals surface area (Å²) in [6.45, 7) is 0.746. The number of amides is 1. The summed E-state index contributed by atoms with van der Waals surface area (Å²) in [7, 11) is 0. The highest BCUT2D eigenvalue weighted by molar-refractivity contribution is 5.92. The number of piperidine rings is 1. The van der Waals surface area contributed by atoms with Crippen molar-refractivity contribution in [2.75, 3.05) is 6.54 Å². The minimum absolute atomic E-state index is 0.0160. The second-order valence-electron chi connectivity index (χ2n) is 5.87. The molecule has 1 amide bonds. The summed E-state index contributed by atoms with van der Waals surface area (Å²) in [5.41, 5.74) is 0.426. The number of hydrogen-bond acceptors (Lipinski definition) is 4. The van der Waals surface area contributed by atoms with Crippen LogP contribution in [0.2, 0.25) is 0 Å². The van der Waals surface area contributed by atoms with Crippen LogP contribution in [0.3, 0.4) is 0 Å². The number of aromatic amines is 1. The van der Waals surface area contributed by atoms with Gasteiger partial charge in [0, 0.05) is 30.9 Å². The summed E-state index contributed by atoms with van der Waals surface area (Å²) in [6.07, 6.45) is 8.88. The lowest BCUT2D eigenvalue weighted by Gasteiger charge is -2.33. The molecule has 0 aromatic carbocycles. The quantitative estimate of drug-likeness (QED) is 0.941. The summed E-state index contributed by atoms with van der Waals surface area (Å²) in [5, 5.41) is 3.97. The van der Waals surface area contributed by atoms with Gasteiger partial charge in [-0.25, -0.2) is 4.98 Å². The van der Waals surface area contributed by atoms with E-state index in [1.165, 1.54) is 0 Å². The van der Waals surface area contributed by atoms with Crippen LogP contribution in [0.1, 0.15) is 66.1 Å². The Hall–Kier alpha value is -2.11. The van der Waals surface area contributed by atoms with Gasteiger partial charge in [0.05, 0.1) is 6.04 Å². The Labute approximate surface area is 122 Å². The molecule has 4 rings (SSSR count). The van der Waals surface area contributed by atoms with Crippen molar-refractivity contribution in [1.82, 2.24) is 20.0 Å². The van der Waals surface area contributed by atoms with Crippen molar-refractivity contribution in [3.8, 4) is 0 Å². The summed E-state index contributed by atoms with van der Waals surface area (Å²) in [6, 6.07) is 1.83. The number of H-pyrrole nitrogens is 1. The predicted octanol–water partition coefficient (Wildman–Crippen LogP) is 2.64. The molecule has 1 aliphatic heterocycles. The van der Waals surface area contributed by atoms with Gasteiger partial charge >= 0.3 is 0 Å². The van der Waals surface area contributed by atoms with Crippen molar-refractivity contribution in [2.24, 2.45) is 0 Å². The number of carbonyl (C=O) groups excluding carboxylic acids is 1. The minimum Gasteiger partial charge on any atom is -0.360 e. The molecule has 1 atom stereocenters. The molecule has 0 radical (unpaired) electrons. The Morgan fingerprint density at radius 2 is 2.24 bits per heavy atom. The van der Waals surface area contributed by atoms with Gasteiger partial charge in [-0.1, -0.05) is 5.16 Å². The molecule has 0 bridgehead atoms. The summed E-state index contributed by atoms with van der Waals surface area (Å²) in [4.78, 5) is 22.0. The fourth-order valence-electron chi connectivity index (χ4n) is 3.02. The molecule has 110 valence electrons. The van der Waals surface area contributed by atoms with Crippen LogP contribution < -0.4 is 0 Å². The van der Waals surface area contributed by atoms with Gasteiger partial charge in [0.25, 0.3) is 5.91 Å². The molecular weight excluding hydrogens is 268 g/mol. The highest BCUT2D eigenvalue weighted by Gasteiger charge is 2.33. The van der Waals surface area contributed by atoms with Crippen molar-refractivity contribution in [3.63, 3.8) is 0 Å². The highest BCUT2D eigenvalue weighted by atomic mass is 16.5. The molecule has 3 heterocycles. The molecule has 1 N–H and O–H groups in total. The van der Waals surface area contributed by atoms with E-state index in [4.69, 9.17) is 4.52 Å². The molecule has 1 saturated heterocycles. The van der Waals surface area contributed by atoms with Crippen molar-refractivity contribution < 1.29 is 9.32 Å². The lowest BCUT2D eigenvalue weighted by molar-refractivity contribution is 0.0590. The Morgan fingerprint density at radius 1 is 1.33 bits per heavy atom. The van der Waals surface area contributed by atoms with E-state index in [0.29, 0.717) is 11.6 Å². The monoisotopic (exact) mass is 286 g/mol. The van der Waals surface area contributed by atoms with Gasteiger partial charge in [0.2, 0.25) is 0 Å². The standard InChI is InChI=1S/C15H18N4O2/c20-15(11-9-13(21-18-11)10-4-5-10)19-8-2-1-3-12(19)14-16-6-7-17-14/h6-7,9-10,12H,1-5,8H2,(H,16,17)/t12-/m1/s1. The SMILES string of the molecule is O=C(c1cc(C2CC2)on1)N1CCCC[C@@H]1c1ncc[nH]1. The zero-order chi connectivity index (χ0) is 14.2. The van der Waals surface area contributed by atoms with Crippen LogP contribution in [0.5, 0.6) is 0 Å². The minimum atomic E-state index is -0.0493. The second-order valence-corrected chi connectivity index (χ2v) is 5.87. The van der Waals surface area contributed by atoms with E-state index in [2.05, 4.69) is 15.1 Å². The number of carbonyl (C=O) groups is 1. The molecule has 6 nitrogen and oxygen atoms in total. The summed E-state index contributed by atoms with van der Waals surface area (Å²) < 4.78 is 5.31. The predicted molar refractivity (Wildman–Crippen MR) is 74.7 cm³/mol. The third kappa shape index (κ3) is 2.34. The van der Waals surface area contributed by atoms with E-state index in [9.17, 15) is 4.79 Å². The first-order valence-corrected chi connectivity index (χ1v) is 7.60. The summed E-state index contributed by atoms with van der Waals surface area (Å²) in [5.74, 6) is 2.13. The van der Waals surface area contributed by atoms with Crippen LogP contribution in [-0.4, -0.2) is 32.5 Å². The topological polar surface area (TPSA) is 75.0 Å². The molecule has 2 aromatic rings. The number of imidazole rings is 1. The smallest absolute Gasteiger partial charge is 0.276 e. The Kier molecular flexibility index (Phi) is 3.02. The summed E-state index contributed by atoms with van der Waals surface area (Å²) >= 11 is 0. The fourth-order valence-corrected chi connectivity index (χ4v) is 3.02. The Bertz CT molecular complexity index is 630. The third-order valence-electron chi connectivity index (χ3n) is 4.33. The van der Waals surface area contributed by atoms with E-state index in [1.54, 1.807) is 12.4 Å². The number of rotatable bonds is 3. The van der Waals surface area contributed by atoms with Crippen LogP contribution >= 0.6 is 0 Å². The van der Waals surface area contributed by atoms with Gasteiger partial charge < -0.3 is 14.4 Å². The maximum absolute atomic E-state index is 12.7. The molecular formula is C15H18N4O2. The van der Waals surface area contributed by atoms with Crippen molar-refractivity contribution in [2.45, 2.75) is 44.1 Å². The maximum Gasteiger partial charge on any atom is 0.276 e. The zero-order valence-electron chi connectivity index (χ0n) is 11.8. The average Bonchev–Trinajstić information content (AvgIpc) is 3.05. The number of hydrogen-bond donors (Lipinski definition) is 1. The third-order valence-corrected chi connectivity index (χ3v) is 4.33. The molecule has 1 saturated carbocycles. The van der Waals surface area contributed by atoms with Crippen LogP contribution in [-0.2, 0) is 0 Å². The lowest BCUT2D eigenvalue weighted by atomic mass is 10.0. The lowest BCUT2D eigenvalue weighted by Crippen LogP contribution is -2.39. The van der Waals surface area contributed by atoms with Crippen LogP contribution in [0, 0.1) is 0 Å². The van der Waals surface area contributed by atoms with Gasteiger partial charge in [-0.05, 0) is 32.1 Å². The molecule has 6 heteroatoms. The Balaban J connectivity index is 1.58. The fraction of sp³-hybridized carbons (Fsp3) is 0.533. The molecule has 0 unspecified atom stereocenters. The van der Waals surface area contributed by atoms with Crippen LogP contribution in [0.15, 0.2) is 23.0 Å². The van der Waals surface area contributed by atoms with E-state index in [1.807, 2.05) is 11.0 Å². The molecule has 1 aliphatic carbocycles. The van der Waals surface area contributed by atoms with Gasteiger partial charge in [-0.2, -0.15) is 0 Å². The normalized spacial score (nSPS) is 22.5. The first-order chi connectivity index (χ1) is 10.3. The number of nitrogens with zero attached hydrogens (tertiary/aromatic N) is 3. The molecule has 2 fully saturated rings. The van der Waals surface area contributed by atoms with Crippen LogP contribution in [0.25, 0.3) is 0 Å². The zero-order valence-corrected chi connectivity index (χ0v) is 11.8. The van der Waals surface area contributed by atoms with E-state index < -0.39 is 0 Å². The molecule has 0 spiro atoms. The number of nitrogens with one attached hydrogen (secondary N) is 1. The van der Waals surface area contributed by atoms with Gasteiger partial charge in [-0.15, -0.1) is 0 Å². The molecule has 2 aliphatic rings. The largest absolute Gasteiger partial charge is 0.360 e. The van der Waals surface area contributed by atoms with Gasteiger partial charge in [-0.3, -0.25) is 4.79 Å². The second kappa shape index (κ2) is 5.02. The van der Waals surface area contributed by atoms with Gasteiger partial charge in [0.1, 0.15) is 11.6 Å². The van der Waals surface area contributed by atoms with Gasteiger partial charge in [0.15, 0.2) is 5.69 Å². The van der Waals surface area contributed by atoms with Crippen molar-refractivity contribution >= 4 is 5.91 Å². The molecule has 21 heavy (non-hydrogen) atoms. The first-order valence-electron chi connectivity index (χ1n) is 7.60. The maximum atomic E-state index is 12.7. The highest BCUT2D eigenvalue weighted by Crippen LogP contribution is 2.40. The number of likely N-dealkylation sites (tertiary alicyclic amines) is 1. The number of aromatic nitrogens is 3. The molecule has 2 aromatic heterocycles. The van der Waals surface area contributed by atoms with E-state index in [-0.39, 0.29) is 11.9 Å². The van der Waals surface area contributed by atoms with E-state index in [0.717, 1.165) is 50.2 Å². The first kappa shape index (κ1) is 12.6. The van der Waals surface area contributed by atoms with Crippen LogP contribution in [0.4, 0.5) is 0 Å². The van der Waals surface area contributed by atoms with E-state index >= 15 is 0 Å². The average molecular weight is 286 g/mol. The van der Waals surface area contributed by atoms with Crippen molar-refractivity contribution in [1.29, 1.82) is 0 Å².